The van der Waals surface area contributed by atoms with Gasteiger partial charge in [0.1, 0.15) is 0 Å². The summed E-state index contributed by atoms with van der Waals surface area (Å²) >= 11 is 0. The van der Waals surface area contributed by atoms with Gasteiger partial charge in [-0.2, -0.15) is 13.2 Å². The van der Waals surface area contributed by atoms with Crippen molar-refractivity contribution in [2.24, 2.45) is 52.3 Å². The molecular formula is C37H55F3O4S. The molecule has 45 heavy (non-hydrogen) atoms. The number of alkyl halides is 3. The van der Waals surface area contributed by atoms with Crippen molar-refractivity contribution in [1.82, 2.24) is 0 Å². The van der Waals surface area contributed by atoms with Crippen LogP contribution in [0.15, 0.2) is 35.2 Å². The molecule has 2 N–H and O–H groups in total. The molecule has 2 unspecified atom stereocenters. The fraction of sp³-hybridized carbons (Fsp3) is 0.838. The highest BCUT2D eigenvalue weighted by atomic mass is 32.2. The maximum absolute atomic E-state index is 14.4. The van der Waals surface area contributed by atoms with Crippen molar-refractivity contribution in [2.75, 3.05) is 0 Å². The van der Waals surface area contributed by atoms with Gasteiger partial charge in [0.15, 0.2) is 15.4 Å². The molecule has 11 atom stereocenters. The summed E-state index contributed by atoms with van der Waals surface area (Å²) in [5.74, 6) is 1.31. The number of halogens is 3. The van der Waals surface area contributed by atoms with Crippen molar-refractivity contribution in [1.29, 1.82) is 0 Å². The highest BCUT2D eigenvalue weighted by Crippen LogP contribution is 2.69. The lowest BCUT2D eigenvalue weighted by molar-refractivity contribution is -0.290. The van der Waals surface area contributed by atoms with Crippen LogP contribution < -0.4 is 0 Å². The number of fused-ring (bicyclic) bond motifs is 5. The Kier molecular flexibility index (Phi) is 9.07. The van der Waals surface area contributed by atoms with Gasteiger partial charge < -0.3 is 10.2 Å². The average molecular weight is 653 g/mol. The number of benzene rings is 1. The van der Waals surface area contributed by atoms with Crippen LogP contribution in [0.4, 0.5) is 13.2 Å². The van der Waals surface area contributed by atoms with E-state index in [0.717, 1.165) is 64.2 Å². The van der Waals surface area contributed by atoms with E-state index in [4.69, 9.17) is 0 Å². The molecular weight excluding hydrogens is 597 g/mol. The van der Waals surface area contributed by atoms with Gasteiger partial charge in [-0.3, -0.25) is 0 Å². The minimum atomic E-state index is -4.59. The zero-order chi connectivity index (χ0) is 32.4. The Labute approximate surface area is 268 Å². The SMILES string of the molecule is C[C@@H](C1CC[C@H]2[C@@H]3CC[C@H]4C[C@](O)(C(F)(F)F)CC[C@]4(C)[C@H]3CC[C@]12C)C(C[C@H](O)C1CCCCC1)S(=O)(=O)c1ccccc1. The van der Waals surface area contributed by atoms with Crippen molar-refractivity contribution in [3.63, 3.8) is 0 Å². The summed E-state index contributed by atoms with van der Waals surface area (Å²) in [6.45, 7) is 6.71. The Bertz CT molecular complexity index is 1300. The first-order valence-electron chi connectivity index (χ1n) is 17.9. The van der Waals surface area contributed by atoms with Gasteiger partial charge in [0, 0.05) is 0 Å². The molecule has 254 valence electrons. The van der Waals surface area contributed by atoms with E-state index in [0.29, 0.717) is 29.1 Å². The van der Waals surface area contributed by atoms with E-state index in [1.807, 2.05) is 6.07 Å². The van der Waals surface area contributed by atoms with Crippen LogP contribution in [0.1, 0.15) is 117 Å². The summed E-state index contributed by atoms with van der Waals surface area (Å²) in [5.41, 5.74) is -2.80. The van der Waals surface area contributed by atoms with Gasteiger partial charge in [-0.05, 0) is 141 Å². The van der Waals surface area contributed by atoms with E-state index >= 15 is 0 Å². The number of hydrogen-bond acceptors (Lipinski definition) is 4. The minimum absolute atomic E-state index is 0.0363. The zero-order valence-corrected chi connectivity index (χ0v) is 28.3. The summed E-state index contributed by atoms with van der Waals surface area (Å²) < 4.78 is 70.2. The molecule has 8 heteroatoms. The van der Waals surface area contributed by atoms with Crippen LogP contribution in [-0.4, -0.2) is 41.8 Å². The predicted molar refractivity (Wildman–Crippen MR) is 170 cm³/mol. The van der Waals surface area contributed by atoms with Crippen LogP contribution in [0.3, 0.4) is 0 Å². The average Bonchev–Trinajstić information content (AvgIpc) is 3.37. The molecule has 0 aromatic heterocycles. The van der Waals surface area contributed by atoms with E-state index in [2.05, 4.69) is 20.8 Å². The number of aliphatic hydroxyl groups is 2. The lowest BCUT2D eigenvalue weighted by atomic mass is 9.43. The molecule has 0 heterocycles. The highest BCUT2D eigenvalue weighted by Gasteiger charge is 2.65. The molecule has 0 saturated heterocycles. The first kappa shape index (κ1) is 33.8. The lowest BCUT2D eigenvalue weighted by Crippen LogP contribution is -2.59. The van der Waals surface area contributed by atoms with Crippen molar-refractivity contribution in [3.8, 4) is 0 Å². The molecule has 1 aromatic rings. The molecule has 0 spiro atoms. The Morgan fingerprint density at radius 1 is 0.867 bits per heavy atom. The normalized spacial score (nSPS) is 41.4. The maximum atomic E-state index is 14.4. The molecule has 6 rings (SSSR count). The maximum Gasteiger partial charge on any atom is 0.417 e. The van der Waals surface area contributed by atoms with E-state index in [9.17, 15) is 31.8 Å². The second-order valence-electron chi connectivity index (χ2n) is 16.6. The van der Waals surface area contributed by atoms with Gasteiger partial charge >= 0.3 is 6.18 Å². The summed E-state index contributed by atoms with van der Waals surface area (Å²) in [4.78, 5) is 0.337. The Balaban J connectivity index is 1.25. The first-order chi connectivity index (χ1) is 21.1. The number of sulfone groups is 1. The van der Waals surface area contributed by atoms with E-state index in [1.54, 1.807) is 24.3 Å². The molecule has 0 bridgehead atoms. The second-order valence-corrected chi connectivity index (χ2v) is 18.7. The van der Waals surface area contributed by atoms with Crippen LogP contribution >= 0.6 is 0 Å². The zero-order valence-electron chi connectivity index (χ0n) is 27.4. The molecule has 0 amide bonds. The smallest absolute Gasteiger partial charge is 0.393 e. The van der Waals surface area contributed by atoms with Gasteiger partial charge in [0.05, 0.1) is 16.2 Å². The van der Waals surface area contributed by atoms with Crippen LogP contribution in [0, 0.1) is 52.3 Å². The lowest BCUT2D eigenvalue weighted by Gasteiger charge is -2.62. The third kappa shape index (κ3) is 5.72. The monoisotopic (exact) mass is 652 g/mol. The molecule has 5 fully saturated rings. The fourth-order valence-corrected chi connectivity index (χ4v) is 14.1. The topological polar surface area (TPSA) is 74.6 Å². The standard InChI is InChI=1S/C37H55F3O4S/c1-24(33(22-32(41)25-10-6-4-7-11-25)45(43,44)27-12-8-5-9-13-27)29-16-17-30-28-15-14-26-23-36(42,37(38,39)40)21-20-34(26,2)31(28)18-19-35(29,30)3/h5,8-9,12-13,24-26,28-33,41-42H,4,6-7,10-11,14-23H2,1-3H3/t24-,26-,28-,29?,30-,31-,32-,33?,34-,35+,36-/m0/s1. The van der Waals surface area contributed by atoms with Crippen molar-refractivity contribution in [2.45, 2.75) is 145 Å². The van der Waals surface area contributed by atoms with Crippen LogP contribution in [0.25, 0.3) is 0 Å². The van der Waals surface area contributed by atoms with Crippen molar-refractivity contribution >= 4 is 9.84 Å². The van der Waals surface area contributed by atoms with Gasteiger partial charge in [0.25, 0.3) is 0 Å². The molecule has 0 aliphatic heterocycles. The third-order valence-corrected chi connectivity index (χ3v) is 17.0. The fourth-order valence-electron chi connectivity index (χ4n) is 12.0. The summed E-state index contributed by atoms with van der Waals surface area (Å²) in [6, 6.07) is 8.77. The Morgan fingerprint density at radius 3 is 2.20 bits per heavy atom. The molecule has 5 aliphatic rings. The van der Waals surface area contributed by atoms with Crippen LogP contribution in [0.2, 0.25) is 0 Å². The second kappa shape index (κ2) is 12.1. The highest BCUT2D eigenvalue weighted by molar-refractivity contribution is 7.92. The van der Waals surface area contributed by atoms with Gasteiger partial charge in [-0.15, -0.1) is 0 Å². The van der Waals surface area contributed by atoms with E-state index < -0.39 is 33.0 Å². The molecule has 5 saturated carbocycles. The first-order valence-corrected chi connectivity index (χ1v) is 19.4. The van der Waals surface area contributed by atoms with Crippen molar-refractivity contribution < 1.29 is 31.8 Å². The summed E-state index contributed by atoms with van der Waals surface area (Å²) in [6.07, 6.45) is 5.87. The number of hydrogen-bond donors (Lipinski definition) is 2. The predicted octanol–water partition coefficient (Wildman–Crippen LogP) is 8.75. The van der Waals surface area contributed by atoms with Crippen LogP contribution in [-0.2, 0) is 9.84 Å². The van der Waals surface area contributed by atoms with E-state index in [1.165, 1.54) is 6.42 Å². The Hall–Kier alpha value is -1.12. The molecule has 5 aliphatic carbocycles. The summed E-state index contributed by atoms with van der Waals surface area (Å²) in [5, 5.41) is 21.4. The molecule has 0 radical (unpaired) electrons. The third-order valence-electron chi connectivity index (χ3n) is 14.7. The van der Waals surface area contributed by atoms with E-state index in [-0.39, 0.29) is 53.8 Å². The quantitative estimate of drug-likeness (QED) is 0.309. The largest absolute Gasteiger partial charge is 0.417 e. The molecule has 1 aromatic carbocycles. The summed E-state index contributed by atoms with van der Waals surface area (Å²) in [7, 11) is -3.68. The number of rotatable bonds is 7. The number of aliphatic hydroxyl groups excluding tert-OH is 1. The Morgan fingerprint density at radius 2 is 1.53 bits per heavy atom. The van der Waals surface area contributed by atoms with Gasteiger partial charge in [0.2, 0.25) is 0 Å². The van der Waals surface area contributed by atoms with Crippen LogP contribution in [0.5, 0.6) is 0 Å². The minimum Gasteiger partial charge on any atom is -0.393 e. The molecule has 4 nitrogen and oxygen atoms in total. The van der Waals surface area contributed by atoms with Crippen molar-refractivity contribution in [3.05, 3.63) is 30.3 Å². The van der Waals surface area contributed by atoms with Gasteiger partial charge in [-0.25, -0.2) is 8.42 Å². The van der Waals surface area contributed by atoms with Gasteiger partial charge in [-0.1, -0.05) is 58.2 Å².